The number of benzene rings is 2. The van der Waals surface area contributed by atoms with Gasteiger partial charge in [-0.25, -0.2) is 4.57 Å². The smallest absolute Gasteiger partial charge is 0.469 e. The van der Waals surface area contributed by atoms with Crippen LogP contribution in [0, 0.1) is 0 Å². The molecule has 2 atom stereocenters. The van der Waals surface area contributed by atoms with E-state index in [2.05, 4.69) is 40.9 Å². The summed E-state index contributed by atoms with van der Waals surface area (Å²) in [6, 6.07) is 16.7. The van der Waals surface area contributed by atoms with Crippen molar-refractivity contribution in [1.82, 2.24) is 0 Å². The number of phosphoric acid groups is 1. The van der Waals surface area contributed by atoms with Gasteiger partial charge in [-0.2, -0.15) is 0 Å². The van der Waals surface area contributed by atoms with Crippen molar-refractivity contribution in [2.24, 2.45) is 5.73 Å². The molecule has 6 nitrogen and oxygen atoms in total. The maximum atomic E-state index is 10.9. The highest BCUT2D eigenvalue weighted by Crippen LogP contribution is 2.43. The Morgan fingerprint density at radius 1 is 1.07 bits per heavy atom. The summed E-state index contributed by atoms with van der Waals surface area (Å²) in [6.45, 7) is -0.117. The zero-order valence-electron chi connectivity index (χ0n) is 16.1. The molecule has 2 aromatic rings. The first-order valence-corrected chi connectivity index (χ1v) is 11.0. The predicted octanol–water partition coefficient (Wildman–Crippen LogP) is 3.55. The third-order valence-electron chi connectivity index (χ3n) is 5.48. The first-order chi connectivity index (χ1) is 13.3. The fraction of sp³-hybridized carbons (Fsp3) is 0.429. The number of aryl methyl sites for hydroxylation is 2. The standard InChI is InChI=1S/C21H28NO5P/c1-26-20-10-6-17(7-11-20)3-2-16-4-8-18(9-5-16)19-12-13-21(22,14-19)15-27-28(23,24)25/h4-11,19H,2-3,12-15,22H2,1H3,(H2,23,24,25)/t19-,21+/m1/s1. The van der Waals surface area contributed by atoms with Crippen LogP contribution in [-0.4, -0.2) is 29.0 Å². The highest BCUT2D eigenvalue weighted by molar-refractivity contribution is 7.46. The van der Waals surface area contributed by atoms with E-state index in [4.69, 9.17) is 20.3 Å². The lowest BCUT2D eigenvalue weighted by Crippen LogP contribution is -2.41. The Hall–Kier alpha value is -1.69. The second-order valence-corrected chi connectivity index (χ2v) is 8.90. The molecule has 2 aromatic carbocycles. The van der Waals surface area contributed by atoms with Gasteiger partial charge in [-0.1, -0.05) is 36.4 Å². The molecule has 0 aliphatic heterocycles. The number of phosphoric ester groups is 1. The Morgan fingerprint density at radius 3 is 2.18 bits per heavy atom. The molecule has 1 fully saturated rings. The average Bonchev–Trinajstić information content (AvgIpc) is 3.08. The van der Waals surface area contributed by atoms with E-state index >= 15 is 0 Å². The highest BCUT2D eigenvalue weighted by Gasteiger charge is 2.38. The van der Waals surface area contributed by atoms with Gasteiger partial charge in [0.2, 0.25) is 0 Å². The van der Waals surface area contributed by atoms with Crippen LogP contribution in [0.4, 0.5) is 0 Å². The van der Waals surface area contributed by atoms with Gasteiger partial charge in [-0.15, -0.1) is 0 Å². The van der Waals surface area contributed by atoms with Gasteiger partial charge in [-0.3, -0.25) is 4.52 Å². The number of methoxy groups -OCH3 is 1. The van der Waals surface area contributed by atoms with E-state index < -0.39 is 13.4 Å². The van der Waals surface area contributed by atoms with E-state index in [1.807, 2.05) is 12.1 Å². The Morgan fingerprint density at radius 2 is 1.64 bits per heavy atom. The maximum Gasteiger partial charge on any atom is 0.469 e. The van der Waals surface area contributed by atoms with Gasteiger partial charge in [0.1, 0.15) is 5.75 Å². The molecular weight excluding hydrogens is 377 g/mol. The number of hydrogen-bond donors (Lipinski definition) is 3. The van der Waals surface area contributed by atoms with Crippen LogP contribution >= 0.6 is 7.82 Å². The van der Waals surface area contributed by atoms with Gasteiger partial charge in [-0.05, 0) is 66.8 Å². The lowest BCUT2D eigenvalue weighted by Gasteiger charge is -2.24. The molecule has 7 heteroatoms. The molecule has 1 aliphatic rings. The lowest BCUT2D eigenvalue weighted by molar-refractivity contribution is 0.153. The van der Waals surface area contributed by atoms with Gasteiger partial charge in [0.05, 0.1) is 13.7 Å². The van der Waals surface area contributed by atoms with E-state index in [-0.39, 0.29) is 6.61 Å². The summed E-state index contributed by atoms with van der Waals surface area (Å²) >= 11 is 0. The van der Waals surface area contributed by atoms with Crippen molar-refractivity contribution in [2.75, 3.05) is 13.7 Å². The van der Waals surface area contributed by atoms with E-state index in [1.165, 1.54) is 16.7 Å². The molecule has 0 unspecified atom stereocenters. The fourth-order valence-corrected chi connectivity index (χ4v) is 4.25. The fourth-order valence-electron chi connectivity index (χ4n) is 3.82. The first-order valence-electron chi connectivity index (χ1n) is 9.47. The van der Waals surface area contributed by atoms with Crippen molar-refractivity contribution in [3.8, 4) is 5.75 Å². The van der Waals surface area contributed by atoms with Crippen LogP contribution in [0.5, 0.6) is 5.75 Å². The molecule has 0 bridgehead atoms. The van der Waals surface area contributed by atoms with Crippen molar-refractivity contribution in [1.29, 1.82) is 0 Å². The van der Waals surface area contributed by atoms with Crippen LogP contribution in [0.1, 0.15) is 41.9 Å². The van der Waals surface area contributed by atoms with Crippen LogP contribution in [0.25, 0.3) is 0 Å². The molecule has 1 saturated carbocycles. The van der Waals surface area contributed by atoms with Gasteiger partial charge in [0.25, 0.3) is 0 Å². The number of hydrogen-bond acceptors (Lipinski definition) is 4. The van der Waals surface area contributed by atoms with Crippen molar-refractivity contribution in [2.45, 2.75) is 43.6 Å². The normalized spacial score (nSPS) is 22.4. The Balaban J connectivity index is 1.53. The molecule has 0 radical (unpaired) electrons. The van der Waals surface area contributed by atoms with Crippen molar-refractivity contribution in [3.63, 3.8) is 0 Å². The van der Waals surface area contributed by atoms with Crippen molar-refractivity contribution >= 4 is 7.82 Å². The molecule has 1 aliphatic carbocycles. The molecule has 28 heavy (non-hydrogen) atoms. The minimum absolute atomic E-state index is 0.117. The SMILES string of the molecule is COc1ccc(CCc2ccc([C@@H]3CC[C@@](N)(COP(=O)(O)O)C3)cc2)cc1. The Kier molecular flexibility index (Phi) is 6.58. The Labute approximate surface area is 165 Å². The monoisotopic (exact) mass is 405 g/mol. The van der Waals surface area contributed by atoms with Crippen molar-refractivity contribution < 1.29 is 23.6 Å². The summed E-state index contributed by atoms with van der Waals surface area (Å²) in [6.07, 6.45) is 4.19. The summed E-state index contributed by atoms with van der Waals surface area (Å²) in [5.74, 6) is 1.16. The average molecular weight is 405 g/mol. The largest absolute Gasteiger partial charge is 0.497 e. The van der Waals surface area contributed by atoms with Crippen LogP contribution in [-0.2, 0) is 21.9 Å². The summed E-state index contributed by atoms with van der Waals surface area (Å²) in [5.41, 5.74) is 9.37. The molecule has 0 saturated heterocycles. The van der Waals surface area contributed by atoms with Crippen LogP contribution in [0.2, 0.25) is 0 Å². The molecule has 0 spiro atoms. The van der Waals surface area contributed by atoms with Crippen LogP contribution < -0.4 is 10.5 Å². The molecular formula is C21H28NO5P. The predicted molar refractivity (Wildman–Crippen MR) is 108 cm³/mol. The third kappa shape index (κ3) is 5.90. The zero-order chi connectivity index (χ0) is 20.2. The van der Waals surface area contributed by atoms with Gasteiger partial charge in [0.15, 0.2) is 0 Å². The quantitative estimate of drug-likeness (QED) is 0.581. The minimum Gasteiger partial charge on any atom is -0.497 e. The Bertz CT molecular complexity index is 818. The number of nitrogens with two attached hydrogens (primary N) is 1. The highest BCUT2D eigenvalue weighted by atomic mass is 31.2. The molecule has 4 N–H and O–H groups in total. The van der Waals surface area contributed by atoms with E-state index in [0.717, 1.165) is 25.0 Å². The second-order valence-electron chi connectivity index (χ2n) is 7.66. The third-order valence-corrected chi connectivity index (χ3v) is 5.94. The van der Waals surface area contributed by atoms with Crippen LogP contribution in [0.15, 0.2) is 48.5 Å². The van der Waals surface area contributed by atoms with E-state index in [1.54, 1.807) is 7.11 Å². The molecule has 0 amide bonds. The summed E-state index contributed by atoms with van der Waals surface area (Å²) in [7, 11) is -2.82. The summed E-state index contributed by atoms with van der Waals surface area (Å²) in [4.78, 5) is 17.8. The van der Waals surface area contributed by atoms with E-state index in [0.29, 0.717) is 18.8 Å². The molecule has 152 valence electrons. The molecule has 0 heterocycles. The van der Waals surface area contributed by atoms with Gasteiger partial charge in [0, 0.05) is 5.54 Å². The molecule has 3 rings (SSSR count). The van der Waals surface area contributed by atoms with E-state index in [9.17, 15) is 4.57 Å². The van der Waals surface area contributed by atoms with Gasteiger partial charge >= 0.3 is 7.82 Å². The number of rotatable bonds is 8. The van der Waals surface area contributed by atoms with Crippen molar-refractivity contribution in [3.05, 3.63) is 65.2 Å². The number of ether oxygens (including phenoxy) is 1. The zero-order valence-corrected chi connectivity index (χ0v) is 17.0. The molecule has 0 aromatic heterocycles. The summed E-state index contributed by atoms with van der Waals surface area (Å²) < 4.78 is 20.8. The van der Waals surface area contributed by atoms with Crippen LogP contribution in [0.3, 0.4) is 0 Å². The topological polar surface area (TPSA) is 102 Å². The maximum absolute atomic E-state index is 10.9. The lowest BCUT2D eigenvalue weighted by atomic mass is 9.92. The van der Waals surface area contributed by atoms with Gasteiger partial charge < -0.3 is 20.3 Å². The second kappa shape index (κ2) is 8.76. The first kappa shape index (κ1) is 21.0. The summed E-state index contributed by atoms with van der Waals surface area (Å²) in [5, 5.41) is 0. The minimum atomic E-state index is -4.48.